The molecule has 1 saturated carbocycles. The molecule has 0 amide bonds. The van der Waals surface area contributed by atoms with E-state index in [-0.39, 0.29) is 6.04 Å². The molecule has 0 spiro atoms. The first-order chi connectivity index (χ1) is 10.2. The lowest BCUT2D eigenvalue weighted by Crippen LogP contribution is -2.24. The van der Waals surface area contributed by atoms with Crippen molar-refractivity contribution in [1.29, 1.82) is 0 Å². The van der Waals surface area contributed by atoms with Crippen molar-refractivity contribution in [2.45, 2.75) is 31.8 Å². The zero-order valence-corrected chi connectivity index (χ0v) is 13.4. The number of hydrogen-bond donors (Lipinski definition) is 1. The minimum absolute atomic E-state index is 0.0806. The lowest BCUT2D eigenvalue weighted by Gasteiger charge is -2.20. The molecule has 1 aliphatic carbocycles. The molecule has 1 aliphatic rings. The van der Waals surface area contributed by atoms with Gasteiger partial charge in [0.2, 0.25) is 0 Å². The number of aromatic nitrogens is 1. The fourth-order valence-electron chi connectivity index (χ4n) is 2.34. The Morgan fingerprint density at radius 3 is 2.67 bits per heavy atom. The van der Waals surface area contributed by atoms with Crippen LogP contribution in [-0.4, -0.2) is 25.2 Å². The summed E-state index contributed by atoms with van der Waals surface area (Å²) in [5.41, 5.74) is 2.17. The third-order valence-corrected chi connectivity index (χ3v) is 4.64. The summed E-state index contributed by atoms with van der Waals surface area (Å²) < 4.78 is 10.8. The van der Waals surface area contributed by atoms with Crippen LogP contribution in [-0.2, 0) is 0 Å². The first-order valence-corrected chi connectivity index (χ1v) is 7.99. The van der Waals surface area contributed by atoms with Crippen LogP contribution in [0.1, 0.15) is 35.1 Å². The van der Waals surface area contributed by atoms with Gasteiger partial charge in [0.05, 0.1) is 20.3 Å². The second-order valence-electron chi connectivity index (χ2n) is 5.31. The van der Waals surface area contributed by atoms with E-state index >= 15 is 0 Å². The predicted molar refractivity (Wildman–Crippen MR) is 84.4 cm³/mol. The molecule has 0 bridgehead atoms. The summed E-state index contributed by atoms with van der Waals surface area (Å²) in [7, 11) is 3.36. The average molecular weight is 304 g/mol. The molecule has 2 aromatic rings. The Labute approximate surface area is 129 Å². The van der Waals surface area contributed by atoms with Crippen LogP contribution < -0.4 is 14.8 Å². The van der Waals surface area contributed by atoms with E-state index in [0.717, 1.165) is 27.8 Å². The van der Waals surface area contributed by atoms with Crippen LogP contribution in [0, 0.1) is 6.92 Å². The van der Waals surface area contributed by atoms with Crippen LogP contribution >= 0.6 is 11.3 Å². The number of ether oxygens (including phenoxy) is 2. The Morgan fingerprint density at radius 2 is 2.10 bits per heavy atom. The lowest BCUT2D eigenvalue weighted by molar-refractivity contribution is 0.387. The Kier molecular flexibility index (Phi) is 4.12. The molecule has 1 heterocycles. The fraction of sp³-hybridized carbons (Fsp3) is 0.438. The van der Waals surface area contributed by atoms with Crippen LogP contribution in [0.5, 0.6) is 11.5 Å². The molecule has 3 rings (SSSR count). The van der Waals surface area contributed by atoms with Gasteiger partial charge in [0.15, 0.2) is 0 Å². The van der Waals surface area contributed by atoms with Gasteiger partial charge in [-0.25, -0.2) is 4.98 Å². The first kappa shape index (κ1) is 14.4. The number of methoxy groups -OCH3 is 2. The molecule has 5 heteroatoms. The normalized spacial score (nSPS) is 15.8. The van der Waals surface area contributed by atoms with Crippen molar-refractivity contribution in [3.63, 3.8) is 0 Å². The first-order valence-electron chi connectivity index (χ1n) is 7.11. The van der Waals surface area contributed by atoms with E-state index < -0.39 is 0 Å². The zero-order chi connectivity index (χ0) is 14.8. The zero-order valence-electron chi connectivity index (χ0n) is 12.6. The van der Waals surface area contributed by atoms with E-state index in [0.29, 0.717) is 6.04 Å². The highest BCUT2D eigenvalue weighted by Gasteiger charge is 2.29. The third-order valence-electron chi connectivity index (χ3n) is 3.62. The number of nitrogens with one attached hydrogen (secondary N) is 1. The summed E-state index contributed by atoms with van der Waals surface area (Å²) in [5.74, 6) is 1.64. The van der Waals surface area contributed by atoms with Gasteiger partial charge in [0, 0.05) is 28.7 Å². The molecule has 112 valence electrons. The Morgan fingerprint density at radius 1 is 1.29 bits per heavy atom. The third kappa shape index (κ3) is 3.19. The molecule has 1 N–H and O–H groups in total. The van der Waals surface area contributed by atoms with Crippen molar-refractivity contribution in [1.82, 2.24) is 10.3 Å². The van der Waals surface area contributed by atoms with Crippen molar-refractivity contribution in [2.75, 3.05) is 14.2 Å². The molecule has 0 radical (unpaired) electrons. The monoisotopic (exact) mass is 304 g/mol. The predicted octanol–water partition coefficient (Wildman–Crippen LogP) is 3.31. The molecular weight excluding hydrogens is 284 g/mol. The minimum atomic E-state index is 0.0806. The number of nitrogens with zero attached hydrogens (tertiary/aromatic N) is 1. The summed E-state index contributed by atoms with van der Waals surface area (Å²) in [6.45, 7) is 2.03. The van der Waals surface area contributed by atoms with Crippen molar-refractivity contribution < 1.29 is 9.47 Å². The highest BCUT2D eigenvalue weighted by Crippen LogP contribution is 2.36. The highest BCUT2D eigenvalue weighted by molar-refractivity contribution is 7.09. The summed E-state index contributed by atoms with van der Waals surface area (Å²) in [6.07, 6.45) is 2.47. The molecule has 4 nitrogen and oxygen atoms in total. The van der Waals surface area contributed by atoms with Gasteiger partial charge in [0.25, 0.3) is 0 Å². The quantitative estimate of drug-likeness (QED) is 0.889. The van der Waals surface area contributed by atoms with Crippen LogP contribution in [0.2, 0.25) is 0 Å². The SMILES string of the molecule is COc1ccc(C(NC2CC2)c2nc(C)cs2)c(OC)c1. The number of rotatable bonds is 6. The molecule has 0 saturated heterocycles. The van der Waals surface area contributed by atoms with E-state index in [4.69, 9.17) is 9.47 Å². The van der Waals surface area contributed by atoms with Crippen molar-refractivity contribution in [3.05, 3.63) is 39.8 Å². The van der Waals surface area contributed by atoms with Gasteiger partial charge >= 0.3 is 0 Å². The number of aryl methyl sites for hydroxylation is 1. The summed E-state index contributed by atoms with van der Waals surface area (Å²) >= 11 is 1.69. The molecule has 0 aliphatic heterocycles. The Bertz CT molecular complexity index is 622. The summed E-state index contributed by atoms with van der Waals surface area (Å²) in [6, 6.07) is 6.63. The van der Waals surface area contributed by atoms with Gasteiger partial charge in [-0.05, 0) is 31.9 Å². The van der Waals surface area contributed by atoms with Crippen LogP contribution in [0.3, 0.4) is 0 Å². The van der Waals surface area contributed by atoms with E-state index in [1.165, 1.54) is 12.8 Å². The van der Waals surface area contributed by atoms with E-state index in [1.54, 1.807) is 25.6 Å². The van der Waals surface area contributed by atoms with Crippen LogP contribution in [0.15, 0.2) is 23.6 Å². The van der Waals surface area contributed by atoms with Crippen molar-refractivity contribution >= 4 is 11.3 Å². The second-order valence-corrected chi connectivity index (χ2v) is 6.20. The van der Waals surface area contributed by atoms with Gasteiger partial charge in [-0.15, -0.1) is 11.3 Å². The lowest BCUT2D eigenvalue weighted by atomic mass is 10.1. The second kappa shape index (κ2) is 6.03. The van der Waals surface area contributed by atoms with Crippen LogP contribution in [0.25, 0.3) is 0 Å². The maximum Gasteiger partial charge on any atom is 0.127 e. The molecular formula is C16H20N2O2S. The molecule has 1 unspecified atom stereocenters. The maximum absolute atomic E-state index is 5.56. The fourth-order valence-corrected chi connectivity index (χ4v) is 3.21. The van der Waals surface area contributed by atoms with E-state index in [2.05, 4.69) is 21.7 Å². The van der Waals surface area contributed by atoms with Crippen molar-refractivity contribution in [3.8, 4) is 11.5 Å². The highest BCUT2D eigenvalue weighted by atomic mass is 32.1. The number of thiazole rings is 1. The molecule has 1 aromatic carbocycles. The molecule has 1 aromatic heterocycles. The Balaban J connectivity index is 1.98. The van der Waals surface area contributed by atoms with E-state index in [1.807, 2.05) is 19.1 Å². The maximum atomic E-state index is 5.56. The van der Waals surface area contributed by atoms with Gasteiger partial charge in [-0.1, -0.05) is 0 Å². The minimum Gasteiger partial charge on any atom is -0.497 e. The molecule has 21 heavy (non-hydrogen) atoms. The summed E-state index contributed by atoms with van der Waals surface area (Å²) in [5, 5.41) is 6.85. The largest absolute Gasteiger partial charge is 0.497 e. The molecule has 1 fully saturated rings. The van der Waals surface area contributed by atoms with Gasteiger partial charge in [-0.3, -0.25) is 0 Å². The van der Waals surface area contributed by atoms with Gasteiger partial charge in [-0.2, -0.15) is 0 Å². The summed E-state index contributed by atoms with van der Waals surface area (Å²) in [4.78, 5) is 4.66. The van der Waals surface area contributed by atoms with Gasteiger partial charge in [0.1, 0.15) is 16.5 Å². The average Bonchev–Trinajstić information content (AvgIpc) is 3.24. The topological polar surface area (TPSA) is 43.4 Å². The number of hydrogen-bond acceptors (Lipinski definition) is 5. The smallest absolute Gasteiger partial charge is 0.127 e. The van der Waals surface area contributed by atoms with Crippen LogP contribution in [0.4, 0.5) is 0 Å². The van der Waals surface area contributed by atoms with Gasteiger partial charge < -0.3 is 14.8 Å². The Hall–Kier alpha value is -1.59. The van der Waals surface area contributed by atoms with E-state index in [9.17, 15) is 0 Å². The van der Waals surface area contributed by atoms with Crippen molar-refractivity contribution in [2.24, 2.45) is 0 Å². The number of benzene rings is 1. The standard InChI is InChI=1S/C16H20N2O2S/c1-10-9-21-16(17-10)15(18-11-4-5-11)13-7-6-12(19-2)8-14(13)20-3/h6-9,11,15,18H,4-5H2,1-3H3. The molecule has 1 atom stereocenters.